The molecule has 2 atom stereocenters. The van der Waals surface area contributed by atoms with Crippen molar-refractivity contribution in [3.8, 4) is 0 Å². The molecule has 2 heteroatoms. The number of hydrogen-bond donors (Lipinski definition) is 1. The number of piperidine rings is 1. The van der Waals surface area contributed by atoms with Crippen LogP contribution in [0.1, 0.15) is 57.7 Å². The van der Waals surface area contributed by atoms with Crippen molar-refractivity contribution in [1.82, 2.24) is 4.90 Å². The highest BCUT2D eigenvalue weighted by Gasteiger charge is 2.31. The quantitative estimate of drug-likeness (QED) is 0.905. The summed E-state index contributed by atoms with van der Waals surface area (Å²) in [6.07, 6.45) is 2.60. The fourth-order valence-corrected chi connectivity index (χ4v) is 3.47. The molecular weight excluding hydrogens is 256 g/mol. The van der Waals surface area contributed by atoms with Crippen molar-refractivity contribution in [3.63, 3.8) is 0 Å². The number of nitrogens with zero attached hydrogens (tertiary/aromatic N) is 1. The Labute approximate surface area is 130 Å². The van der Waals surface area contributed by atoms with Gasteiger partial charge in [-0.1, -0.05) is 50.6 Å². The molecule has 0 saturated carbocycles. The zero-order valence-corrected chi connectivity index (χ0v) is 14.4. The molecule has 1 aliphatic rings. The maximum atomic E-state index is 6.50. The molecule has 1 fully saturated rings. The minimum Gasteiger partial charge on any atom is -0.323 e. The zero-order chi connectivity index (χ0) is 15.6. The predicted molar refractivity (Wildman–Crippen MR) is 91.3 cm³/mol. The van der Waals surface area contributed by atoms with Gasteiger partial charge in [0.2, 0.25) is 0 Å². The molecular formula is C19H32N2. The van der Waals surface area contributed by atoms with Gasteiger partial charge in [-0.25, -0.2) is 0 Å². The van der Waals surface area contributed by atoms with E-state index < -0.39 is 0 Å². The number of likely N-dealkylation sites (tertiary alicyclic amines) is 1. The summed E-state index contributed by atoms with van der Waals surface area (Å²) in [4.78, 5) is 2.58. The Morgan fingerprint density at radius 3 is 2.10 bits per heavy atom. The predicted octanol–water partition coefficient (Wildman–Crippen LogP) is 4.14. The van der Waals surface area contributed by atoms with E-state index in [0.717, 1.165) is 5.92 Å². The van der Waals surface area contributed by atoms with Crippen molar-refractivity contribution in [2.45, 2.75) is 59.5 Å². The Hall–Kier alpha value is -0.860. The van der Waals surface area contributed by atoms with Crippen molar-refractivity contribution in [3.05, 3.63) is 35.4 Å². The van der Waals surface area contributed by atoms with Crippen LogP contribution in [-0.2, 0) is 0 Å². The molecule has 1 heterocycles. The molecule has 2 nitrogen and oxygen atoms in total. The van der Waals surface area contributed by atoms with Crippen LogP contribution in [-0.4, -0.2) is 24.0 Å². The first kappa shape index (κ1) is 16.5. The van der Waals surface area contributed by atoms with Crippen molar-refractivity contribution >= 4 is 0 Å². The van der Waals surface area contributed by atoms with Crippen molar-refractivity contribution < 1.29 is 0 Å². The second-order valence-electron chi connectivity index (χ2n) is 7.85. The summed E-state index contributed by atoms with van der Waals surface area (Å²) in [6, 6.07) is 9.20. The van der Waals surface area contributed by atoms with Gasteiger partial charge in [-0.15, -0.1) is 0 Å². The Morgan fingerprint density at radius 1 is 1.10 bits per heavy atom. The maximum Gasteiger partial charge on any atom is 0.0450 e. The van der Waals surface area contributed by atoms with Crippen LogP contribution in [0.2, 0.25) is 0 Å². The van der Waals surface area contributed by atoms with Crippen LogP contribution in [0.5, 0.6) is 0 Å². The van der Waals surface area contributed by atoms with Crippen LogP contribution in [0.3, 0.4) is 0 Å². The van der Waals surface area contributed by atoms with Crippen LogP contribution in [0, 0.1) is 18.3 Å². The smallest absolute Gasteiger partial charge is 0.0450 e. The molecule has 0 amide bonds. The van der Waals surface area contributed by atoms with Gasteiger partial charge in [0.1, 0.15) is 0 Å². The largest absolute Gasteiger partial charge is 0.323 e. The normalized spacial score (nSPS) is 21.2. The maximum absolute atomic E-state index is 6.50. The topological polar surface area (TPSA) is 29.3 Å². The third kappa shape index (κ3) is 4.08. The number of hydrogen-bond acceptors (Lipinski definition) is 2. The molecule has 2 unspecified atom stereocenters. The molecule has 0 radical (unpaired) electrons. The van der Waals surface area contributed by atoms with E-state index in [2.05, 4.69) is 63.8 Å². The summed E-state index contributed by atoms with van der Waals surface area (Å²) in [5.41, 5.74) is 9.49. The van der Waals surface area contributed by atoms with E-state index in [9.17, 15) is 0 Å². The fraction of sp³-hybridized carbons (Fsp3) is 0.684. The van der Waals surface area contributed by atoms with Gasteiger partial charge < -0.3 is 5.73 Å². The van der Waals surface area contributed by atoms with E-state index in [1.807, 2.05) is 0 Å². The Kier molecular flexibility index (Phi) is 5.11. The van der Waals surface area contributed by atoms with Crippen LogP contribution >= 0.6 is 0 Å². The van der Waals surface area contributed by atoms with Crippen molar-refractivity contribution in [2.24, 2.45) is 17.1 Å². The van der Waals surface area contributed by atoms with Gasteiger partial charge in [0, 0.05) is 12.1 Å². The summed E-state index contributed by atoms with van der Waals surface area (Å²) in [6.45, 7) is 13.9. The van der Waals surface area contributed by atoms with Crippen LogP contribution in [0.25, 0.3) is 0 Å². The van der Waals surface area contributed by atoms with Gasteiger partial charge in [-0.05, 0) is 56.7 Å². The first-order valence-electron chi connectivity index (χ1n) is 8.35. The van der Waals surface area contributed by atoms with E-state index in [4.69, 9.17) is 5.73 Å². The first-order chi connectivity index (χ1) is 9.79. The number of nitrogens with two attached hydrogens (primary N) is 1. The summed E-state index contributed by atoms with van der Waals surface area (Å²) in [7, 11) is 0. The standard InChI is InChI=1S/C19H32N2/c1-14-6-8-16(9-7-14)18(20)15(2)21-12-10-17(11-13-21)19(3,4)5/h6-9,15,17-18H,10-13,20H2,1-5H3. The van der Waals surface area contributed by atoms with Gasteiger partial charge in [0.15, 0.2) is 0 Å². The van der Waals surface area contributed by atoms with E-state index in [1.165, 1.54) is 37.1 Å². The summed E-state index contributed by atoms with van der Waals surface area (Å²) in [5, 5.41) is 0. The van der Waals surface area contributed by atoms with E-state index in [0.29, 0.717) is 11.5 Å². The average molecular weight is 288 g/mol. The molecule has 0 bridgehead atoms. The second kappa shape index (κ2) is 6.50. The van der Waals surface area contributed by atoms with Crippen LogP contribution < -0.4 is 5.73 Å². The molecule has 1 aromatic rings. The lowest BCUT2D eigenvalue weighted by Gasteiger charge is -2.42. The molecule has 1 saturated heterocycles. The van der Waals surface area contributed by atoms with Gasteiger partial charge >= 0.3 is 0 Å². The SMILES string of the molecule is Cc1ccc(C(N)C(C)N2CCC(C(C)(C)C)CC2)cc1. The molecule has 0 aliphatic carbocycles. The lowest BCUT2D eigenvalue weighted by Crippen LogP contribution is -2.46. The average Bonchev–Trinajstić information content (AvgIpc) is 2.46. The van der Waals surface area contributed by atoms with Crippen molar-refractivity contribution in [1.29, 1.82) is 0 Å². The van der Waals surface area contributed by atoms with Gasteiger partial charge in [-0.2, -0.15) is 0 Å². The number of benzene rings is 1. The number of rotatable bonds is 3. The lowest BCUT2D eigenvalue weighted by molar-refractivity contribution is 0.0792. The molecule has 0 spiro atoms. The minimum atomic E-state index is 0.108. The summed E-state index contributed by atoms with van der Waals surface area (Å²) in [5.74, 6) is 0.844. The molecule has 2 N–H and O–H groups in total. The van der Waals surface area contributed by atoms with E-state index >= 15 is 0 Å². The summed E-state index contributed by atoms with van der Waals surface area (Å²) < 4.78 is 0. The number of aryl methyl sites for hydroxylation is 1. The second-order valence-corrected chi connectivity index (χ2v) is 7.85. The minimum absolute atomic E-state index is 0.108. The highest BCUT2D eigenvalue weighted by molar-refractivity contribution is 5.24. The van der Waals surface area contributed by atoms with Gasteiger partial charge in [-0.3, -0.25) is 4.90 Å². The molecule has 118 valence electrons. The highest BCUT2D eigenvalue weighted by Crippen LogP contribution is 2.35. The first-order valence-corrected chi connectivity index (χ1v) is 8.35. The monoisotopic (exact) mass is 288 g/mol. The molecule has 0 aromatic heterocycles. The molecule has 21 heavy (non-hydrogen) atoms. The van der Waals surface area contributed by atoms with E-state index in [-0.39, 0.29) is 6.04 Å². The third-order valence-corrected chi connectivity index (χ3v) is 5.31. The molecule has 2 rings (SSSR count). The molecule has 1 aromatic carbocycles. The van der Waals surface area contributed by atoms with Crippen molar-refractivity contribution in [2.75, 3.05) is 13.1 Å². The van der Waals surface area contributed by atoms with Crippen LogP contribution in [0.15, 0.2) is 24.3 Å². The van der Waals surface area contributed by atoms with Gasteiger partial charge in [0.25, 0.3) is 0 Å². The third-order valence-electron chi connectivity index (χ3n) is 5.31. The van der Waals surface area contributed by atoms with Gasteiger partial charge in [0.05, 0.1) is 0 Å². The lowest BCUT2D eigenvalue weighted by atomic mass is 9.75. The van der Waals surface area contributed by atoms with E-state index in [1.54, 1.807) is 0 Å². The Bertz CT molecular complexity index is 436. The Balaban J connectivity index is 1.95. The van der Waals surface area contributed by atoms with Crippen LogP contribution in [0.4, 0.5) is 0 Å². The fourth-order valence-electron chi connectivity index (χ4n) is 3.47. The highest BCUT2D eigenvalue weighted by atomic mass is 15.2. The molecule has 1 aliphatic heterocycles. The Morgan fingerprint density at radius 2 is 1.62 bits per heavy atom. The zero-order valence-electron chi connectivity index (χ0n) is 14.4. The summed E-state index contributed by atoms with van der Waals surface area (Å²) >= 11 is 0.